The first-order valence-corrected chi connectivity index (χ1v) is 12.0. The number of carbonyl (C=O) groups is 1. The van der Waals surface area contributed by atoms with Gasteiger partial charge in [-0.15, -0.1) is 0 Å². The molecule has 1 amide bonds. The fourth-order valence-corrected chi connectivity index (χ4v) is 10.3. The molecule has 2 fully saturated rings. The lowest BCUT2D eigenvalue weighted by Gasteiger charge is -2.33. The summed E-state index contributed by atoms with van der Waals surface area (Å²) in [6, 6.07) is 3.76. The highest BCUT2D eigenvalue weighted by Gasteiger charge is 2.69. The summed E-state index contributed by atoms with van der Waals surface area (Å²) in [4.78, 5) is 16.9. The van der Waals surface area contributed by atoms with Gasteiger partial charge in [-0.25, -0.2) is 4.85 Å². The van der Waals surface area contributed by atoms with Gasteiger partial charge in [-0.2, -0.15) is 0 Å². The van der Waals surface area contributed by atoms with Gasteiger partial charge in [-0.05, 0) is 57.6 Å². The molecule has 4 heteroatoms. The summed E-state index contributed by atoms with van der Waals surface area (Å²) in [6.45, 7) is 13.5. The molecule has 1 heterocycles. The van der Waals surface area contributed by atoms with Crippen LogP contribution >= 0.6 is 7.26 Å². The first-order valence-electron chi connectivity index (χ1n) is 9.64. The first-order chi connectivity index (χ1) is 12.0. The van der Waals surface area contributed by atoms with Crippen molar-refractivity contribution in [1.29, 1.82) is 0 Å². The van der Waals surface area contributed by atoms with Crippen LogP contribution < -0.4 is 5.32 Å². The molecule has 1 aliphatic carbocycles. The monoisotopic (exact) mass is 357 g/mol. The Morgan fingerprint density at radius 3 is 2.16 bits per heavy atom. The molecule has 0 spiro atoms. The number of hydrogen-bond donors (Lipinski definition) is 1. The van der Waals surface area contributed by atoms with Crippen LogP contribution in [-0.4, -0.2) is 29.5 Å². The molecular formula is C21H30N2OP+. The van der Waals surface area contributed by atoms with Crippen LogP contribution in [0.15, 0.2) is 12.1 Å². The summed E-state index contributed by atoms with van der Waals surface area (Å²) >= 11 is 0. The fourth-order valence-electron chi connectivity index (χ4n) is 4.81. The van der Waals surface area contributed by atoms with E-state index in [9.17, 15) is 4.79 Å². The maximum Gasteiger partial charge on any atom is 0.268 e. The predicted molar refractivity (Wildman–Crippen MR) is 108 cm³/mol. The van der Waals surface area contributed by atoms with E-state index >= 15 is 0 Å². The molecule has 1 aliphatic heterocycles. The number of nitrogens with one attached hydrogen (secondary N) is 1. The van der Waals surface area contributed by atoms with E-state index in [2.05, 4.69) is 17.1 Å². The minimum Gasteiger partial charge on any atom is -0.322 e. The number of carbonyl (C=O) groups excluding carboxylic acids is 1. The average molecular weight is 357 g/mol. The molecule has 1 N–H and O–H groups in total. The van der Waals surface area contributed by atoms with Gasteiger partial charge < -0.3 is 5.32 Å². The van der Waals surface area contributed by atoms with E-state index in [4.69, 9.17) is 6.57 Å². The van der Waals surface area contributed by atoms with Crippen molar-refractivity contribution in [3.8, 4) is 0 Å². The molecule has 134 valence electrons. The average Bonchev–Trinajstić information content (AvgIpc) is 3.42. The smallest absolute Gasteiger partial charge is 0.268 e. The van der Waals surface area contributed by atoms with Gasteiger partial charge >= 0.3 is 0 Å². The normalized spacial score (nSPS) is 21.0. The molecule has 0 bridgehead atoms. The largest absolute Gasteiger partial charge is 0.322 e. The number of amides is 1. The van der Waals surface area contributed by atoms with Gasteiger partial charge in [-0.1, -0.05) is 12.1 Å². The van der Waals surface area contributed by atoms with Crippen molar-refractivity contribution in [3.63, 3.8) is 0 Å². The SMILES string of the molecule is [C-]#[N+]c1cc(C)c(NC(=O)C2([P+]3(CC)CCCCCC3)CC2)c(C)c1. The quantitative estimate of drug-likeness (QED) is 0.525. The highest BCUT2D eigenvalue weighted by molar-refractivity contribution is 7.78. The summed E-state index contributed by atoms with van der Waals surface area (Å²) in [7, 11) is -1.21. The third-order valence-corrected chi connectivity index (χ3v) is 12.5. The second-order valence-electron chi connectivity index (χ2n) is 7.87. The molecule has 1 saturated heterocycles. The maximum atomic E-state index is 13.4. The zero-order valence-electron chi connectivity index (χ0n) is 15.8. The molecule has 0 atom stereocenters. The van der Waals surface area contributed by atoms with Gasteiger partial charge in [0.15, 0.2) is 10.8 Å². The van der Waals surface area contributed by atoms with Gasteiger partial charge in [0.05, 0.1) is 25.1 Å². The van der Waals surface area contributed by atoms with Gasteiger partial charge in [-0.3, -0.25) is 4.79 Å². The highest BCUT2D eigenvalue weighted by Crippen LogP contribution is 2.79. The van der Waals surface area contributed by atoms with Crippen molar-refractivity contribution in [2.45, 2.75) is 64.5 Å². The van der Waals surface area contributed by atoms with Crippen LogP contribution in [-0.2, 0) is 4.79 Å². The van der Waals surface area contributed by atoms with Crippen molar-refractivity contribution >= 4 is 24.5 Å². The van der Waals surface area contributed by atoms with E-state index in [0.717, 1.165) is 29.7 Å². The van der Waals surface area contributed by atoms with E-state index in [1.165, 1.54) is 44.2 Å². The molecule has 1 saturated carbocycles. The molecule has 0 unspecified atom stereocenters. The minimum atomic E-state index is -1.21. The second-order valence-corrected chi connectivity index (χ2v) is 12.5. The Kier molecular flexibility index (Phi) is 5.21. The Morgan fingerprint density at radius 2 is 1.72 bits per heavy atom. The van der Waals surface area contributed by atoms with E-state index in [0.29, 0.717) is 5.69 Å². The van der Waals surface area contributed by atoms with Crippen molar-refractivity contribution in [1.82, 2.24) is 0 Å². The second kappa shape index (κ2) is 7.08. The lowest BCUT2D eigenvalue weighted by Crippen LogP contribution is -2.35. The summed E-state index contributed by atoms with van der Waals surface area (Å²) in [5.74, 6) is 0.270. The number of aryl methyl sites for hydroxylation is 2. The summed E-state index contributed by atoms with van der Waals surface area (Å²) in [6.07, 6.45) is 11.3. The molecule has 0 radical (unpaired) electrons. The highest BCUT2D eigenvalue weighted by atomic mass is 31.2. The Hall–Kier alpha value is -1.39. The number of hydrogen-bond acceptors (Lipinski definition) is 1. The molecule has 1 aromatic carbocycles. The lowest BCUT2D eigenvalue weighted by molar-refractivity contribution is -0.116. The van der Waals surface area contributed by atoms with Crippen LogP contribution in [0, 0.1) is 20.4 Å². The standard InChI is InChI=1S/C21H29N2OP/c1-5-25(12-8-6-7-9-13-25)21(10-11-21)20(24)23-19-16(2)14-18(22-4)15-17(19)3/h14-15H,5-13H2,1-3H3/p+1. The predicted octanol–water partition coefficient (Wildman–Crippen LogP) is 5.94. The Labute approximate surface area is 152 Å². The van der Waals surface area contributed by atoms with E-state index in [1.54, 1.807) is 0 Å². The molecule has 0 aromatic heterocycles. The van der Waals surface area contributed by atoms with Gasteiger partial charge in [0, 0.05) is 25.8 Å². The summed E-state index contributed by atoms with van der Waals surface area (Å²) < 4.78 is 0. The van der Waals surface area contributed by atoms with Crippen LogP contribution in [0.2, 0.25) is 0 Å². The minimum absolute atomic E-state index is 0.0521. The topological polar surface area (TPSA) is 33.5 Å². The fraction of sp³-hybridized carbons (Fsp3) is 0.619. The molecule has 2 aliphatic rings. The zero-order chi connectivity index (χ0) is 18.1. The molecular weight excluding hydrogens is 327 g/mol. The lowest BCUT2D eigenvalue weighted by atomic mass is 10.1. The third-order valence-electron chi connectivity index (χ3n) is 6.47. The van der Waals surface area contributed by atoms with E-state index in [-0.39, 0.29) is 11.1 Å². The molecule has 25 heavy (non-hydrogen) atoms. The number of nitrogens with zero attached hydrogens (tertiary/aromatic N) is 1. The maximum absolute atomic E-state index is 13.4. The molecule has 1 aromatic rings. The number of rotatable bonds is 4. The first kappa shape index (κ1) is 18.4. The Bertz CT molecular complexity index is 684. The van der Waals surface area contributed by atoms with Crippen molar-refractivity contribution < 1.29 is 4.79 Å². The van der Waals surface area contributed by atoms with Crippen molar-refractivity contribution in [3.05, 3.63) is 34.7 Å². The van der Waals surface area contributed by atoms with E-state index in [1.807, 2.05) is 26.0 Å². The van der Waals surface area contributed by atoms with Crippen molar-refractivity contribution in [2.24, 2.45) is 0 Å². The van der Waals surface area contributed by atoms with Crippen LogP contribution in [0.1, 0.15) is 56.6 Å². The Morgan fingerprint density at radius 1 is 1.16 bits per heavy atom. The van der Waals surface area contributed by atoms with E-state index < -0.39 is 7.26 Å². The van der Waals surface area contributed by atoms with Gasteiger partial charge in [0.1, 0.15) is 0 Å². The number of anilines is 1. The molecule has 3 nitrogen and oxygen atoms in total. The van der Waals surface area contributed by atoms with Crippen LogP contribution in [0.25, 0.3) is 4.85 Å². The summed E-state index contributed by atoms with van der Waals surface area (Å²) in [5.41, 5.74) is 3.57. The van der Waals surface area contributed by atoms with Crippen molar-refractivity contribution in [2.75, 3.05) is 23.8 Å². The van der Waals surface area contributed by atoms with Crippen LogP contribution in [0.3, 0.4) is 0 Å². The van der Waals surface area contributed by atoms with Gasteiger partial charge in [0.2, 0.25) is 0 Å². The van der Waals surface area contributed by atoms with Gasteiger partial charge in [0.25, 0.3) is 5.91 Å². The third kappa shape index (κ3) is 3.22. The zero-order valence-corrected chi connectivity index (χ0v) is 16.7. The van der Waals surface area contributed by atoms with Crippen LogP contribution in [0.5, 0.6) is 0 Å². The van der Waals surface area contributed by atoms with Crippen LogP contribution in [0.4, 0.5) is 11.4 Å². The Balaban J connectivity index is 1.87. The molecule has 3 rings (SSSR count). The number of benzene rings is 1. The summed E-state index contributed by atoms with van der Waals surface area (Å²) in [5, 5.41) is 3.24.